The molecule has 0 fully saturated rings. The molecule has 3 amide bonds. The highest BCUT2D eigenvalue weighted by Crippen LogP contribution is 2.19. The first-order valence-corrected chi connectivity index (χ1v) is 7.91. The molecule has 0 saturated carbocycles. The normalized spacial score (nSPS) is 10.1. The minimum Gasteiger partial charge on any atom is -0.507 e. The number of rotatable bonds is 4. The standard InChI is InChI=1S/C19H20N2O5/c1-11-5-7-15(13(3)8-11)20-19(25)21-17(23)10-26-18(24)14-6-4-12(2)9-16(14)22/h4-9,22H,10H2,1-3H3,(H2,20,21,23,25). The minimum absolute atomic E-state index is 0.0527. The molecule has 2 rings (SSSR count). The molecular weight excluding hydrogens is 336 g/mol. The summed E-state index contributed by atoms with van der Waals surface area (Å²) < 4.78 is 4.81. The molecule has 0 aliphatic carbocycles. The molecule has 136 valence electrons. The maximum absolute atomic E-state index is 11.9. The molecule has 0 atom stereocenters. The van der Waals surface area contributed by atoms with E-state index in [-0.39, 0.29) is 11.3 Å². The van der Waals surface area contributed by atoms with Gasteiger partial charge in [0.15, 0.2) is 6.61 Å². The topological polar surface area (TPSA) is 105 Å². The van der Waals surface area contributed by atoms with Crippen LogP contribution in [0.15, 0.2) is 36.4 Å². The summed E-state index contributed by atoms with van der Waals surface area (Å²) in [7, 11) is 0. The van der Waals surface area contributed by atoms with Gasteiger partial charge in [-0.05, 0) is 50.1 Å². The number of esters is 1. The van der Waals surface area contributed by atoms with Gasteiger partial charge >= 0.3 is 12.0 Å². The molecule has 2 aromatic carbocycles. The van der Waals surface area contributed by atoms with Crippen molar-refractivity contribution in [1.29, 1.82) is 0 Å². The Hall–Kier alpha value is -3.35. The number of hydrogen-bond donors (Lipinski definition) is 3. The van der Waals surface area contributed by atoms with Crippen molar-refractivity contribution < 1.29 is 24.2 Å². The number of benzene rings is 2. The zero-order valence-corrected chi connectivity index (χ0v) is 14.8. The number of phenols is 1. The molecule has 0 heterocycles. The second kappa shape index (κ2) is 8.15. The van der Waals surface area contributed by atoms with Crippen LogP contribution in [0.1, 0.15) is 27.0 Å². The number of carbonyl (C=O) groups is 3. The summed E-state index contributed by atoms with van der Waals surface area (Å²) in [5.41, 5.74) is 3.20. The number of phenolic OH excluding ortho intramolecular Hbond substituents is 1. The van der Waals surface area contributed by atoms with Crippen LogP contribution in [0.3, 0.4) is 0 Å². The molecule has 26 heavy (non-hydrogen) atoms. The van der Waals surface area contributed by atoms with E-state index in [0.717, 1.165) is 16.7 Å². The Morgan fingerprint density at radius 3 is 2.31 bits per heavy atom. The van der Waals surface area contributed by atoms with Crippen LogP contribution in [0.2, 0.25) is 0 Å². The van der Waals surface area contributed by atoms with Crippen LogP contribution >= 0.6 is 0 Å². The Balaban J connectivity index is 1.86. The summed E-state index contributed by atoms with van der Waals surface area (Å²) >= 11 is 0. The first-order valence-electron chi connectivity index (χ1n) is 7.91. The van der Waals surface area contributed by atoms with Crippen LogP contribution in [0.4, 0.5) is 10.5 Å². The third-order valence-corrected chi connectivity index (χ3v) is 3.59. The first-order chi connectivity index (χ1) is 12.3. The molecule has 0 unspecified atom stereocenters. The number of hydrogen-bond acceptors (Lipinski definition) is 5. The van der Waals surface area contributed by atoms with Crippen molar-refractivity contribution in [3.8, 4) is 5.75 Å². The number of anilines is 1. The quantitative estimate of drug-likeness (QED) is 0.731. The third kappa shape index (κ3) is 5.07. The van der Waals surface area contributed by atoms with Gasteiger partial charge in [-0.25, -0.2) is 9.59 Å². The van der Waals surface area contributed by atoms with Crippen LogP contribution in [0, 0.1) is 20.8 Å². The smallest absolute Gasteiger partial charge is 0.342 e. The minimum atomic E-state index is -0.854. The van der Waals surface area contributed by atoms with E-state index in [0.29, 0.717) is 5.69 Å². The van der Waals surface area contributed by atoms with Crippen LogP contribution in [-0.4, -0.2) is 29.6 Å². The number of carbonyl (C=O) groups excluding carboxylic acids is 3. The Bertz CT molecular complexity index is 861. The fraction of sp³-hybridized carbons (Fsp3) is 0.211. The molecule has 0 aromatic heterocycles. The highest BCUT2D eigenvalue weighted by molar-refractivity contribution is 6.02. The van der Waals surface area contributed by atoms with Gasteiger partial charge < -0.3 is 15.2 Å². The van der Waals surface area contributed by atoms with Crippen molar-refractivity contribution in [2.45, 2.75) is 20.8 Å². The molecule has 0 aliphatic heterocycles. The van der Waals surface area contributed by atoms with Gasteiger partial charge in [0.05, 0.1) is 0 Å². The van der Waals surface area contributed by atoms with Gasteiger partial charge in [0.2, 0.25) is 0 Å². The number of nitrogens with one attached hydrogen (secondary N) is 2. The molecule has 0 bridgehead atoms. The van der Waals surface area contributed by atoms with Gasteiger partial charge in [-0.3, -0.25) is 10.1 Å². The Kier molecular flexibility index (Phi) is 5.95. The third-order valence-electron chi connectivity index (χ3n) is 3.59. The van der Waals surface area contributed by atoms with E-state index in [1.807, 2.05) is 26.0 Å². The predicted octanol–water partition coefficient (Wildman–Crippen LogP) is 2.82. The average Bonchev–Trinajstić information content (AvgIpc) is 2.55. The number of amides is 3. The van der Waals surface area contributed by atoms with Crippen molar-refractivity contribution in [3.63, 3.8) is 0 Å². The monoisotopic (exact) mass is 356 g/mol. The van der Waals surface area contributed by atoms with E-state index in [1.54, 1.807) is 19.1 Å². The van der Waals surface area contributed by atoms with E-state index in [2.05, 4.69) is 10.6 Å². The van der Waals surface area contributed by atoms with Crippen LogP contribution in [0.5, 0.6) is 5.75 Å². The lowest BCUT2D eigenvalue weighted by molar-refractivity contribution is -0.123. The van der Waals surface area contributed by atoms with Crippen molar-refractivity contribution in [3.05, 3.63) is 58.7 Å². The SMILES string of the molecule is Cc1ccc(NC(=O)NC(=O)COC(=O)c2ccc(C)cc2O)c(C)c1. The van der Waals surface area contributed by atoms with Crippen molar-refractivity contribution in [2.75, 3.05) is 11.9 Å². The van der Waals surface area contributed by atoms with Crippen molar-refractivity contribution >= 4 is 23.6 Å². The average molecular weight is 356 g/mol. The summed E-state index contributed by atoms with van der Waals surface area (Å²) in [6, 6.07) is 9.18. The molecular formula is C19H20N2O5. The molecule has 0 spiro atoms. The lowest BCUT2D eigenvalue weighted by Crippen LogP contribution is -2.37. The Morgan fingerprint density at radius 2 is 1.65 bits per heavy atom. The highest BCUT2D eigenvalue weighted by atomic mass is 16.5. The zero-order valence-electron chi connectivity index (χ0n) is 14.8. The number of imide groups is 1. The van der Waals surface area contributed by atoms with E-state index in [1.165, 1.54) is 12.1 Å². The number of aryl methyl sites for hydroxylation is 3. The molecule has 0 aliphatic rings. The van der Waals surface area contributed by atoms with Gasteiger partial charge in [0.25, 0.3) is 5.91 Å². The lowest BCUT2D eigenvalue weighted by Gasteiger charge is -2.10. The van der Waals surface area contributed by atoms with Gasteiger partial charge in [0.1, 0.15) is 11.3 Å². The van der Waals surface area contributed by atoms with Gasteiger partial charge in [-0.15, -0.1) is 0 Å². The second-order valence-corrected chi connectivity index (χ2v) is 5.92. The van der Waals surface area contributed by atoms with Crippen LogP contribution < -0.4 is 10.6 Å². The number of aromatic hydroxyl groups is 1. The Labute approximate surface area is 151 Å². The summed E-state index contributed by atoms with van der Waals surface area (Å²) in [6.07, 6.45) is 0. The molecule has 3 N–H and O–H groups in total. The van der Waals surface area contributed by atoms with E-state index < -0.39 is 24.5 Å². The summed E-state index contributed by atoms with van der Waals surface area (Å²) in [4.78, 5) is 35.5. The number of urea groups is 1. The Morgan fingerprint density at radius 1 is 1.00 bits per heavy atom. The molecule has 2 aromatic rings. The van der Waals surface area contributed by atoms with E-state index >= 15 is 0 Å². The first kappa shape index (κ1) is 19.0. The van der Waals surface area contributed by atoms with Crippen molar-refractivity contribution in [2.24, 2.45) is 0 Å². The van der Waals surface area contributed by atoms with Crippen LogP contribution in [0.25, 0.3) is 0 Å². The molecule has 7 nitrogen and oxygen atoms in total. The fourth-order valence-corrected chi connectivity index (χ4v) is 2.29. The maximum atomic E-state index is 11.9. The predicted molar refractivity (Wildman–Crippen MR) is 96.2 cm³/mol. The van der Waals surface area contributed by atoms with Gasteiger partial charge in [-0.2, -0.15) is 0 Å². The largest absolute Gasteiger partial charge is 0.507 e. The van der Waals surface area contributed by atoms with Crippen molar-refractivity contribution in [1.82, 2.24) is 5.32 Å². The summed E-state index contributed by atoms with van der Waals surface area (Å²) in [5, 5.41) is 14.3. The zero-order chi connectivity index (χ0) is 19.3. The fourth-order valence-electron chi connectivity index (χ4n) is 2.29. The lowest BCUT2D eigenvalue weighted by atomic mass is 10.1. The summed E-state index contributed by atoms with van der Waals surface area (Å²) in [5.74, 6) is -1.87. The number of ether oxygens (including phenoxy) is 1. The molecule has 0 saturated heterocycles. The van der Waals surface area contributed by atoms with Gasteiger partial charge in [0, 0.05) is 5.69 Å². The highest BCUT2D eigenvalue weighted by Gasteiger charge is 2.16. The van der Waals surface area contributed by atoms with Gasteiger partial charge in [-0.1, -0.05) is 23.8 Å². The second-order valence-electron chi connectivity index (χ2n) is 5.92. The molecule has 7 heteroatoms. The van der Waals surface area contributed by atoms with E-state index in [4.69, 9.17) is 4.74 Å². The summed E-state index contributed by atoms with van der Waals surface area (Å²) in [6.45, 7) is 4.88. The van der Waals surface area contributed by atoms with E-state index in [9.17, 15) is 19.5 Å². The van der Waals surface area contributed by atoms with Crippen LogP contribution in [-0.2, 0) is 9.53 Å². The molecule has 0 radical (unpaired) electrons. The maximum Gasteiger partial charge on any atom is 0.342 e.